The molecule has 4 rings (SSSR count). The Morgan fingerprint density at radius 2 is 1.84 bits per heavy atom. The zero-order valence-corrected chi connectivity index (χ0v) is 16.7. The number of amides is 1. The molecule has 1 aromatic heterocycles. The number of methoxy groups -OCH3 is 2. The number of fused-ring (bicyclic) bond motifs is 1. The quantitative estimate of drug-likeness (QED) is 0.595. The summed E-state index contributed by atoms with van der Waals surface area (Å²) in [4.78, 5) is 40.8. The minimum atomic E-state index is -0.667. The maximum absolute atomic E-state index is 12.6. The molecule has 9 heteroatoms. The molecule has 0 saturated carbocycles. The molecule has 1 amide bonds. The molecule has 0 fully saturated rings. The number of allylic oxidation sites excluding steroid dienone is 1. The smallest absolute Gasteiger partial charge is 0.411 e. The fourth-order valence-electron chi connectivity index (χ4n) is 3.37. The zero-order valence-electron chi connectivity index (χ0n) is 16.7. The van der Waals surface area contributed by atoms with E-state index >= 15 is 0 Å². The highest BCUT2D eigenvalue weighted by Crippen LogP contribution is 2.38. The number of carbonyl (C=O) groups excluding carboxylic acids is 1. The molecule has 0 radical (unpaired) electrons. The van der Waals surface area contributed by atoms with Crippen LogP contribution in [-0.2, 0) is 4.74 Å². The molecule has 3 N–H and O–H groups in total. The molecule has 31 heavy (non-hydrogen) atoms. The number of hydrogen-bond donors (Lipinski definition) is 3. The number of benzene rings is 2. The van der Waals surface area contributed by atoms with E-state index in [1.807, 2.05) is 12.1 Å². The number of rotatable bonds is 4. The lowest BCUT2D eigenvalue weighted by atomic mass is 9.89. The summed E-state index contributed by atoms with van der Waals surface area (Å²) in [6.07, 6.45) is 1.18. The Labute approximate surface area is 176 Å². The van der Waals surface area contributed by atoms with Crippen LogP contribution in [0.15, 0.2) is 64.2 Å². The Balaban J connectivity index is 1.81. The van der Waals surface area contributed by atoms with Gasteiger partial charge in [0.2, 0.25) is 5.88 Å². The predicted molar refractivity (Wildman–Crippen MR) is 114 cm³/mol. The van der Waals surface area contributed by atoms with Crippen molar-refractivity contribution in [2.75, 3.05) is 19.5 Å². The Kier molecular flexibility index (Phi) is 5.31. The molecule has 2 aromatic carbocycles. The van der Waals surface area contributed by atoms with E-state index in [2.05, 4.69) is 20.0 Å². The number of hydrogen-bond acceptors (Lipinski definition) is 6. The van der Waals surface area contributed by atoms with Gasteiger partial charge in [0.05, 0.1) is 19.8 Å². The summed E-state index contributed by atoms with van der Waals surface area (Å²) in [6.45, 7) is 0. The van der Waals surface area contributed by atoms with Gasteiger partial charge in [-0.15, -0.1) is 0 Å². The van der Waals surface area contributed by atoms with Gasteiger partial charge >= 0.3 is 11.8 Å². The molecule has 0 saturated heterocycles. The molecule has 2 heterocycles. The summed E-state index contributed by atoms with van der Waals surface area (Å²) in [7, 11) is 2.85. The number of ether oxygens (including phenoxy) is 3. The van der Waals surface area contributed by atoms with Gasteiger partial charge in [-0.3, -0.25) is 20.1 Å². The standard InChI is InChI=1S/C22H19N3O6/c1-29-15-8-6-12(7-9-15)16-11-17(31-20-18(16)19(26)24-21(27)25-20)13-4-3-5-14(10-13)23-22(28)30-2/h3-11,16H,1-2H3,(H,23,28)(H2,24,25,26,27). The van der Waals surface area contributed by atoms with Crippen LogP contribution in [0.3, 0.4) is 0 Å². The van der Waals surface area contributed by atoms with Gasteiger partial charge in [0.1, 0.15) is 11.5 Å². The summed E-state index contributed by atoms with van der Waals surface area (Å²) < 4.78 is 15.7. The van der Waals surface area contributed by atoms with E-state index in [-0.39, 0.29) is 11.4 Å². The van der Waals surface area contributed by atoms with Gasteiger partial charge in [0, 0.05) is 17.2 Å². The molecule has 0 bridgehead atoms. The van der Waals surface area contributed by atoms with Crippen LogP contribution in [0.5, 0.6) is 11.6 Å². The number of carbonyl (C=O) groups is 1. The Hall–Kier alpha value is -4.27. The lowest BCUT2D eigenvalue weighted by Crippen LogP contribution is -2.30. The van der Waals surface area contributed by atoms with Gasteiger partial charge in [-0.05, 0) is 35.9 Å². The van der Waals surface area contributed by atoms with Crippen LogP contribution in [0.25, 0.3) is 5.76 Å². The molecule has 158 valence electrons. The lowest BCUT2D eigenvalue weighted by Gasteiger charge is -2.24. The Morgan fingerprint density at radius 1 is 1.06 bits per heavy atom. The van der Waals surface area contributed by atoms with E-state index < -0.39 is 23.3 Å². The van der Waals surface area contributed by atoms with Crippen LogP contribution >= 0.6 is 0 Å². The molecular formula is C22H19N3O6. The minimum Gasteiger partial charge on any atom is -0.497 e. The van der Waals surface area contributed by atoms with E-state index in [9.17, 15) is 14.4 Å². The minimum absolute atomic E-state index is 0.0680. The third kappa shape index (κ3) is 4.06. The number of anilines is 1. The van der Waals surface area contributed by atoms with Crippen LogP contribution in [0.4, 0.5) is 10.5 Å². The highest BCUT2D eigenvalue weighted by molar-refractivity contribution is 5.85. The summed E-state index contributed by atoms with van der Waals surface area (Å²) in [5.41, 5.74) is 1.04. The molecule has 1 unspecified atom stereocenters. The fourth-order valence-corrected chi connectivity index (χ4v) is 3.37. The lowest BCUT2D eigenvalue weighted by molar-refractivity contribution is 0.187. The first-order valence-electron chi connectivity index (χ1n) is 9.34. The fraction of sp³-hybridized carbons (Fsp3) is 0.136. The summed E-state index contributed by atoms with van der Waals surface area (Å²) in [6, 6.07) is 14.2. The van der Waals surface area contributed by atoms with Crippen LogP contribution in [-0.4, -0.2) is 30.3 Å². The Morgan fingerprint density at radius 3 is 2.55 bits per heavy atom. The molecule has 0 aliphatic carbocycles. The van der Waals surface area contributed by atoms with Crippen molar-refractivity contribution in [1.82, 2.24) is 9.97 Å². The summed E-state index contributed by atoms with van der Waals surface area (Å²) in [5, 5.41) is 2.59. The third-order valence-electron chi connectivity index (χ3n) is 4.84. The Bertz CT molecular complexity index is 1270. The first-order chi connectivity index (χ1) is 15.0. The normalized spacial score (nSPS) is 14.6. The van der Waals surface area contributed by atoms with Gasteiger partial charge in [-0.25, -0.2) is 9.59 Å². The topological polar surface area (TPSA) is 123 Å². The van der Waals surface area contributed by atoms with Crippen molar-refractivity contribution in [3.05, 3.63) is 92.1 Å². The number of aromatic amines is 2. The monoisotopic (exact) mass is 421 g/mol. The van der Waals surface area contributed by atoms with Crippen LogP contribution in [0.2, 0.25) is 0 Å². The SMILES string of the molecule is COC(=O)Nc1cccc(C2=CC(c3ccc(OC)cc3)c3c([nH]c(=O)[nH]c3=O)O2)c1. The van der Waals surface area contributed by atoms with Crippen molar-refractivity contribution in [2.24, 2.45) is 0 Å². The van der Waals surface area contributed by atoms with Crippen molar-refractivity contribution in [3.63, 3.8) is 0 Å². The first kappa shape index (κ1) is 20.0. The summed E-state index contributed by atoms with van der Waals surface area (Å²) >= 11 is 0. The second-order valence-corrected chi connectivity index (χ2v) is 6.73. The van der Waals surface area contributed by atoms with Gasteiger partial charge in [0.15, 0.2) is 0 Å². The van der Waals surface area contributed by atoms with Gasteiger partial charge in [-0.2, -0.15) is 0 Å². The molecule has 0 spiro atoms. The highest BCUT2D eigenvalue weighted by Gasteiger charge is 2.28. The van der Waals surface area contributed by atoms with E-state index in [1.54, 1.807) is 49.6 Å². The van der Waals surface area contributed by atoms with Gasteiger partial charge < -0.3 is 14.2 Å². The largest absolute Gasteiger partial charge is 0.497 e. The average molecular weight is 421 g/mol. The van der Waals surface area contributed by atoms with Crippen LogP contribution in [0, 0.1) is 0 Å². The van der Waals surface area contributed by atoms with Crippen molar-refractivity contribution >= 4 is 17.5 Å². The van der Waals surface area contributed by atoms with Crippen molar-refractivity contribution in [1.29, 1.82) is 0 Å². The maximum Gasteiger partial charge on any atom is 0.411 e. The molecule has 1 aliphatic rings. The molecular weight excluding hydrogens is 402 g/mol. The van der Waals surface area contributed by atoms with Crippen LogP contribution in [0.1, 0.15) is 22.6 Å². The van der Waals surface area contributed by atoms with Crippen molar-refractivity contribution in [2.45, 2.75) is 5.92 Å². The van der Waals surface area contributed by atoms with Gasteiger partial charge in [-0.1, -0.05) is 24.3 Å². The first-order valence-corrected chi connectivity index (χ1v) is 9.34. The van der Waals surface area contributed by atoms with Crippen LogP contribution < -0.4 is 26.0 Å². The van der Waals surface area contributed by atoms with Crippen molar-refractivity contribution < 1.29 is 19.0 Å². The predicted octanol–water partition coefficient (Wildman–Crippen LogP) is 2.82. The van der Waals surface area contributed by atoms with Crippen molar-refractivity contribution in [3.8, 4) is 11.6 Å². The van der Waals surface area contributed by atoms with E-state index in [1.165, 1.54) is 7.11 Å². The van der Waals surface area contributed by atoms with Gasteiger partial charge in [0.25, 0.3) is 5.56 Å². The number of H-pyrrole nitrogens is 2. The maximum atomic E-state index is 12.6. The second kappa shape index (κ2) is 8.23. The zero-order chi connectivity index (χ0) is 22.0. The third-order valence-corrected chi connectivity index (χ3v) is 4.84. The number of aromatic nitrogens is 2. The van der Waals surface area contributed by atoms with E-state index in [4.69, 9.17) is 9.47 Å². The molecule has 1 atom stereocenters. The van der Waals surface area contributed by atoms with E-state index in [0.29, 0.717) is 22.8 Å². The molecule has 3 aromatic rings. The second-order valence-electron chi connectivity index (χ2n) is 6.73. The number of nitrogens with one attached hydrogen (secondary N) is 3. The summed E-state index contributed by atoms with van der Waals surface area (Å²) in [5.74, 6) is 0.682. The highest BCUT2D eigenvalue weighted by atomic mass is 16.5. The molecule has 9 nitrogen and oxygen atoms in total. The van der Waals surface area contributed by atoms with E-state index in [0.717, 1.165) is 5.56 Å². The average Bonchev–Trinajstić information content (AvgIpc) is 2.78. The molecule has 1 aliphatic heterocycles.